The van der Waals surface area contributed by atoms with Gasteiger partial charge in [0.1, 0.15) is 11.3 Å². The molecule has 10 heteroatoms. The summed E-state index contributed by atoms with van der Waals surface area (Å²) in [5.41, 5.74) is 8.91. The van der Waals surface area contributed by atoms with Gasteiger partial charge >= 0.3 is 0 Å². The largest absolute Gasteiger partial charge is 0.474 e. The second-order valence-electron chi connectivity index (χ2n) is 7.13. The van der Waals surface area contributed by atoms with Gasteiger partial charge in [0.25, 0.3) is 0 Å². The summed E-state index contributed by atoms with van der Waals surface area (Å²) in [6, 6.07) is 1.70. The monoisotopic (exact) mass is 423 g/mol. The lowest BCUT2D eigenvalue weighted by atomic mass is 9.88. The van der Waals surface area contributed by atoms with Gasteiger partial charge in [-0.3, -0.25) is 0 Å². The van der Waals surface area contributed by atoms with Gasteiger partial charge in [0.15, 0.2) is 9.84 Å². The Morgan fingerprint density at radius 3 is 2.64 bits per heavy atom. The van der Waals surface area contributed by atoms with E-state index in [1.807, 2.05) is 13.8 Å². The molecule has 0 spiro atoms. The maximum Gasteiger partial charge on any atom is 0.223 e. The summed E-state index contributed by atoms with van der Waals surface area (Å²) in [6.45, 7) is 5.42. The number of azide groups is 1. The number of sulfone groups is 1. The van der Waals surface area contributed by atoms with Crippen LogP contribution in [0.25, 0.3) is 21.2 Å². The number of fused-ring (bicyclic) bond motifs is 1. The van der Waals surface area contributed by atoms with Gasteiger partial charge in [0.05, 0.1) is 16.2 Å². The number of ether oxygens (including phenoxy) is 1. The first-order valence-corrected chi connectivity index (χ1v) is 11.2. The second-order valence-corrected chi connectivity index (χ2v) is 10.1. The zero-order chi connectivity index (χ0) is 20.5. The number of nitrogens with zero attached hydrogens (tertiary/aromatic N) is 5. The molecule has 1 atom stereocenters. The van der Waals surface area contributed by atoms with E-state index in [-0.39, 0.29) is 17.1 Å². The van der Waals surface area contributed by atoms with Crippen molar-refractivity contribution in [1.82, 2.24) is 9.97 Å². The Morgan fingerprint density at radius 1 is 1.32 bits per heavy atom. The van der Waals surface area contributed by atoms with Crippen LogP contribution < -0.4 is 4.74 Å². The highest BCUT2D eigenvalue weighted by atomic mass is 35.5. The Labute approximate surface area is 168 Å². The zero-order valence-corrected chi connectivity index (χ0v) is 17.5. The van der Waals surface area contributed by atoms with Crippen molar-refractivity contribution in [3.8, 4) is 5.88 Å². The Morgan fingerprint density at radius 2 is 2.04 bits per heavy atom. The number of hydrogen-bond acceptors (Lipinski definition) is 6. The molecule has 1 aliphatic rings. The Bertz CT molecular complexity index is 1050. The van der Waals surface area contributed by atoms with Crippen LogP contribution in [-0.2, 0) is 15.4 Å². The summed E-state index contributed by atoms with van der Waals surface area (Å²) >= 11 is 6.10. The summed E-state index contributed by atoms with van der Waals surface area (Å²) in [5, 5.41) is 5.31. The average molecular weight is 424 g/mol. The van der Waals surface area contributed by atoms with Crippen molar-refractivity contribution < 1.29 is 13.2 Å². The van der Waals surface area contributed by atoms with E-state index in [9.17, 15) is 8.42 Å². The maximum atomic E-state index is 11.9. The quantitative estimate of drug-likeness (QED) is 0.280. The van der Waals surface area contributed by atoms with E-state index in [0.29, 0.717) is 35.7 Å². The van der Waals surface area contributed by atoms with Crippen molar-refractivity contribution in [2.24, 2.45) is 5.11 Å². The third-order valence-corrected chi connectivity index (χ3v) is 7.89. The molecule has 0 N–H and O–H groups in total. The average Bonchev–Trinajstić information content (AvgIpc) is 2.63. The summed E-state index contributed by atoms with van der Waals surface area (Å²) in [6.07, 6.45) is 4.48. The fourth-order valence-corrected chi connectivity index (χ4v) is 4.97. The smallest absolute Gasteiger partial charge is 0.223 e. The number of hydrogen-bond donors (Lipinski definition) is 0. The molecule has 0 amide bonds. The van der Waals surface area contributed by atoms with Crippen LogP contribution in [0.15, 0.2) is 23.6 Å². The zero-order valence-electron chi connectivity index (χ0n) is 16.0. The molecule has 0 bridgehead atoms. The molecule has 28 heavy (non-hydrogen) atoms. The molecule has 1 fully saturated rings. The normalized spacial score (nSPS) is 21.4. The van der Waals surface area contributed by atoms with Gasteiger partial charge < -0.3 is 4.74 Å². The molecule has 0 unspecified atom stereocenters. The van der Waals surface area contributed by atoms with E-state index in [1.54, 1.807) is 25.4 Å². The first-order chi connectivity index (χ1) is 13.2. The lowest BCUT2D eigenvalue weighted by Gasteiger charge is -2.34. The van der Waals surface area contributed by atoms with Crippen molar-refractivity contribution in [2.45, 2.75) is 56.9 Å². The van der Waals surface area contributed by atoms with Crippen molar-refractivity contribution in [1.29, 1.82) is 0 Å². The van der Waals surface area contributed by atoms with E-state index in [4.69, 9.17) is 21.9 Å². The van der Waals surface area contributed by atoms with Crippen molar-refractivity contribution in [3.05, 3.63) is 39.6 Å². The predicted molar refractivity (Wildman–Crippen MR) is 108 cm³/mol. The van der Waals surface area contributed by atoms with Gasteiger partial charge in [0.2, 0.25) is 5.88 Å². The third-order valence-electron chi connectivity index (χ3n) is 5.48. The number of aromatic nitrogens is 2. The van der Waals surface area contributed by atoms with E-state index in [0.717, 1.165) is 10.9 Å². The van der Waals surface area contributed by atoms with Crippen LogP contribution in [0.5, 0.6) is 5.88 Å². The molecule has 0 aromatic carbocycles. The SMILES string of the molecule is CC[C@@](C)(N=[N+]=[N-])c1cnc(O[C@H]2C[C@@H](S(=O)(=O)CC)C2)c2cnc(Cl)cc12. The lowest BCUT2D eigenvalue weighted by molar-refractivity contribution is 0.119. The molecular weight excluding hydrogens is 402 g/mol. The highest BCUT2D eigenvalue weighted by molar-refractivity contribution is 7.92. The van der Waals surface area contributed by atoms with Crippen LogP contribution in [0.4, 0.5) is 0 Å². The van der Waals surface area contributed by atoms with E-state index in [2.05, 4.69) is 20.0 Å². The van der Waals surface area contributed by atoms with Gasteiger partial charge in [-0.15, -0.1) is 0 Å². The van der Waals surface area contributed by atoms with E-state index < -0.39 is 15.4 Å². The summed E-state index contributed by atoms with van der Waals surface area (Å²) in [7, 11) is -3.05. The number of halogens is 1. The molecule has 0 aliphatic heterocycles. The molecule has 150 valence electrons. The van der Waals surface area contributed by atoms with Crippen LogP contribution in [0.3, 0.4) is 0 Å². The number of pyridine rings is 2. The molecule has 2 aromatic heterocycles. The van der Waals surface area contributed by atoms with Crippen molar-refractivity contribution in [2.75, 3.05) is 5.75 Å². The van der Waals surface area contributed by atoms with Gasteiger partial charge in [0, 0.05) is 35.9 Å². The van der Waals surface area contributed by atoms with Gasteiger partial charge in [-0.1, -0.05) is 30.6 Å². The first kappa shape index (κ1) is 20.6. The molecule has 0 radical (unpaired) electrons. The fourth-order valence-electron chi connectivity index (χ4n) is 3.32. The van der Waals surface area contributed by atoms with Crippen molar-refractivity contribution >= 4 is 32.2 Å². The lowest BCUT2D eigenvalue weighted by Crippen LogP contribution is -2.43. The van der Waals surface area contributed by atoms with Crippen LogP contribution in [0.2, 0.25) is 5.15 Å². The van der Waals surface area contributed by atoms with Crippen LogP contribution in [0.1, 0.15) is 45.6 Å². The van der Waals surface area contributed by atoms with E-state index in [1.165, 1.54) is 0 Å². The minimum Gasteiger partial charge on any atom is -0.474 e. The highest BCUT2D eigenvalue weighted by Gasteiger charge is 2.39. The fraction of sp³-hybridized carbons (Fsp3) is 0.556. The minimum atomic E-state index is -3.05. The first-order valence-electron chi connectivity index (χ1n) is 9.13. The predicted octanol–water partition coefficient (Wildman–Crippen LogP) is 4.56. The standard InChI is InChI=1S/C18H22ClN5O3S/c1-4-18(3,23-24-20)15-10-22-17(14-9-21-16(19)8-13(14)15)27-11-6-12(7-11)28(25,26)5-2/h8-12H,4-7H2,1-3H3/t11-,12+,18-/m1/s1. The highest BCUT2D eigenvalue weighted by Crippen LogP contribution is 2.39. The van der Waals surface area contributed by atoms with Crippen LogP contribution in [-0.4, -0.2) is 35.5 Å². The summed E-state index contributed by atoms with van der Waals surface area (Å²) in [5.74, 6) is 0.511. The Balaban J connectivity index is 1.96. The molecular formula is C18H22ClN5O3S. The van der Waals surface area contributed by atoms with Crippen LogP contribution >= 0.6 is 11.6 Å². The topological polar surface area (TPSA) is 118 Å². The molecule has 1 saturated carbocycles. The Kier molecular flexibility index (Phi) is 5.70. The van der Waals surface area contributed by atoms with Gasteiger partial charge in [-0.2, -0.15) is 0 Å². The van der Waals surface area contributed by atoms with Gasteiger partial charge in [-0.25, -0.2) is 18.4 Å². The minimum absolute atomic E-state index is 0.137. The molecule has 8 nitrogen and oxygen atoms in total. The second kappa shape index (κ2) is 7.73. The maximum absolute atomic E-state index is 11.9. The van der Waals surface area contributed by atoms with E-state index >= 15 is 0 Å². The molecule has 2 aromatic rings. The molecule has 3 rings (SSSR count). The van der Waals surface area contributed by atoms with Crippen molar-refractivity contribution in [3.63, 3.8) is 0 Å². The van der Waals surface area contributed by atoms with Crippen LogP contribution in [0, 0.1) is 0 Å². The molecule has 2 heterocycles. The Hall–Kier alpha value is -2.09. The number of rotatable bonds is 7. The molecule has 1 aliphatic carbocycles. The van der Waals surface area contributed by atoms with Gasteiger partial charge in [-0.05, 0) is 35.9 Å². The summed E-state index contributed by atoms with van der Waals surface area (Å²) < 4.78 is 29.9. The molecule has 0 saturated heterocycles. The summed E-state index contributed by atoms with van der Waals surface area (Å²) in [4.78, 5) is 11.5. The third kappa shape index (κ3) is 3.74.